The molecule has 0 aliphatic heterocycles. The first-order valence-corrected chi connectivity index (χ1v) is 5.54. The first kappa shape index (κ1) is 13.4. The summed E-state index contributed by atoms with van der Waals surface area (Å²) in [6.45, 7) is 4.84. The lowest BCUT2D eigenvalue weighted by Gasteiger charge is -2.04. The van der Waals surface area contributed by atoms with E-state index in [0.29, 0.717) is 13.0 Å². The summed E-state index contributed by atoms with van der Waals surface area (Å²) in [6.07, 6.45) is 5.15. The number of aliphatic hydroxyl groups excluding tert-OH is 1. The van der Waals surface area contributed by atoms with Gasteiger partial charge in [0.15, 0.2) is 0 Å². The molecule has 14 heavy (non-hydrogen) atoms. The van der Waals surface area contributed by atoms with Gasteiger partial charge in [0.05, 0.1) is 6.61 Å². The number of hydrogen-bond acceptors (Lipinski definition) is 2. The van der Waals surface area contributed by atoms with E-state index >= 15 is 0 Å². The van der Waals surface area contributed by atoms with Gasteiger partial charge in [-0.2, -0.15) is 0 Å². The van der Waals surface area contributed by atoms with E-state index < -0.39 is 0 Å². The number of rotatable bonds is 8. The van der Waals surface area contributed by atoms with E-state index in [0.717, 1.165) is 18.8 Å². The van der Waals surface area contributed by atoms with Crippen LogP contribution < -0.4 is 5.32 Å². The van der Waals surface area contributed by atoms with Crippen molar-refractivity contribution >= 4 is 5.91 Å². The third-order valence-electron chi connectivity index (χ3n) is 2.12. The minimum absolute atomic E-state index is 0.0269. The molecule has 3 nitrogen and oxygen atoms in total. The van der Waals surface area contributed by atoms with E-state index in [4.69, 9.17) is 5.11 Å². The minimum Gasteiger partial charge on any atom is -0.395 e. The van der Waals surface area contributed by atoms with E-state index in [2.05, 4.69) is 19.2 Å². The quantitative estimate of drug-likeness (QED) is 0.587. The average Bonchev–Trinajstić information content (AvgIpc) is 2.13. The molecule has 0 spiro atoms. The molecule has 0 saturated carbocycles. The van der Waals surface area contributed by atoms with Gasteiger partial charge in [0, 0.05) is 13.0 Å². The maximum atomic E-state index is 11.1. The standard InChI is InChI=1S/C11H23NO2/c1-10(2)6-4-3-5-7-11(14)12-8-9-13/h10,13H,3-9H2,1-2H3,(H,12,14). The first-order chi connectivity index (χ1) is 6.66. The molecule has 0 fully saturated rings. The SMILES string of the molecule is CC(C)CCCCCC(=O)NCCO. The number of carbonyl (C=O) groups is 1. The summed E-state index contributed by atoms with van der Waals surface area (Å²) < 4.78 is 0. The minimum atomic E-state index is 0.0269. The second-order valence-electron chi connectivity index (χ2n) is 4.07. The molecule has 0 unspecified atom stereocenters. The second kappa shape index (κ2) is 9.00. The largest absolute Gasteiger partial charge is 0.395 e. The van der Waals surface area contributed by atoms with Gasteiger partial charge in [-0.3, -0.25) is 4.79 Å². The van der Waals surface area contributed by atoms with Gasteiger partial charge < -0.3 is 10.4 Å². The van der Waals surface area contributed by atoms with Crippen molar-refractivity contribution in [3.05, 3.63) is 0 Å². The summed E-state index contributed by atoms with van der Waals surface area (Å²) in [5.41, 5.74) is 0. The van der Waals surface area contributed by atoms with Crippen LogP contribution in [-0.2, 0) is 4.79 Å². The van der Waals surface area contributed by atoms with Gasteiger partial charge in [0.25, 0.3) is 0 Å². The Balaban J connectivity index is 3.15. The third kappa shape index (κ3) is 9.52. The van der Waals surface area contributed by atoms with E-state index in [-0.39, 0.29) is 12.5 Å². The molecule has 0 aromatic rings. The van der Waals surface area contributed by atoms with E-state index in [1.165, 1.54) is 12.8 Å². The normalized spacial score (nSPS) is 10.6. The molecular formula is C11H23NO2. The smallest absolute Gasteiger partial charge is 0.220 e. The molecule has 0 aliphatic rings. The molecule has 0 aromatic heterocycles. The molecule has 0 rings (SSSR count). The summed E-state index contributed by atoms with van der Waals surface area (Å²) in [7, 11) is 0. The highest BCUT2D eigenvalue weighted by Crippen LogP contribution is 2.09. The summed E-state index contributed by atoms with van der Waals surface area (Å²) in [5, 5.41) is 11.1. The van der Waals surface area contributed by atoms with Crippen LogP contribution in [0.3, 0.4) is 0 Å². The van der Waals surface area contributed by atoms with Crippen molar-refractivity contribution in [3.8, 4) is 0 Å². The van der Waals surface area contributed by atoms with E-state index in [1.807, 2.05) is 0 Å². The van der Waals surface area contributed by atoms with Crippen molar-refractivity contribution in [2.45, 2.75) is 46.0 Å². The fourth-order valence-corrected chi connectivity index (χ4v) is 1.30. The Bertz CT molecular complexity index is 146. The third-order valence-corrected chi connectivity index (χ3v) is 2.12. The summed E-state index contributed by atoms with van der Waals surface area (Å²) in [6, 6.07) is 0. The highest BCUT2D eigenvalue weighted by atomic mass is 16.3. The van der Waals surface area contributed by atoms with Crippen LogP contribution in [0.15, 0.2) is 0 Å². The van der Waals surface area contributed by atoms with Crippen molar-refractivity contribution in [1.29, 1.82) is 0 Å². The Morgan fingerprint density at radius 3 is 2.57 bits per heavy atom. The fourth-order valence-electron chi connectivity index (χ4n) is 1.30. The molecule has 0 heterocycles. The molecule has 2 N–H and O–H groups in total. The zero-order valence-electron chi connectivity index (χ0n) is 9.38. The van der Waals surface area contributed by atoms with Gasteiger partial charge in [-0.05, 0) is 12.3 Å². The van der Waals surface area contributed by atoms with Crippen molar-refractivity contribution in [2.75, 3.05) is 13.2 Å². The van der Waals surface area contributed by atoms with Crippen LogP contribution in [0.1, 0.15) is 46.0 Å². The number of unbranched alkanes of at least 4 members (excludes halogenated alkanes) is 2. The number of carbonyl (C=O) groups excluding carboxylic acids is 1. The highest BCUT2D eigenvalue weighted by molar-refractivity contribution is 5.75. The molecular weight excluding hydrogens is 178 g/mol. The van der Waals surface area contributed by atoms with Gasteiger partial charge in [-0.25, -0.2) is 0 Å². The van der Waals surface area contributed by atoms with E-state index in [1.54, 1.807) is 0 Å². The highest BCUT2D eigenvalue weighted by Gasteiger charge is 2.00. The van der Waals surface area contributed by atoms with Gasteiger partial charge >= 0.3 is 0 Å². The lowest BCUT2D eigenvalue weighted by molar-refractivity contribution is -0.121. The first-order valence-electron chi connectivity index (χ1n) is 5.54. The summed E-state index contributed by atoms with van der Waals surface area (Å²) in [5.74, 6) is 0.821. The Labute approximate surface area is 86.9 Å². The van der Waals surface area contributed by atoms with Crippen LogP contribution in [0, 0.1) is 5.92 Å². The van der Waals surface area contributed by atoms with Crippen molar-refractivity contribution in [1.82, 2.24) is 5.32 Å². The second-order valence-corrected chi connectivity index (χ2v) is 4.07. The maximum absolute atomic E-state index is 11.1. The molecule has 0 aliphatic carbocycles. The zero-order chi connectivity index (χ0) is 10.8. The maximum Gasteiger partial charge on any atom is 0.220 e. The lowest BCUT2D eigenvalue weighted by atomic mass is 10.0. The number of aliphatic hydroxyl groups is 1. The van der Waals surface area contributed by atoms with Crippen molar-refractivity contribution in [3.63, 3.8) is 0 Å². The fraction of sp³-hybridized carbons (Fsp3) is 0.909. The predicted octanol–water partition coefficient (Wildman–Crippen LogP) is 1.70. The van der Waals surface area contributed by atoms with E-state index in [9.17, 15) is 4.79 Å². The number of nitrogens with one attached hydrogen (secondary N) is 1. The number of hydrogen-bond donors (Lipinski definition) is 2. The lowest BCUT2D eigenvalue weighted by Crippen LogP contribution is -2.25. The Hall–Kier alpha value is -0.570. The topological polar surface area (TPSA) is 49.3 Å². The Kier molecular flexibility index (Phi) is 8.64. The predicted molar refractivity (Wildman–Crippen MR) is 58.0 cm³/mol. The molecule has 3 heteroatoms. The van der Waals surface area contributed by atoms with Gasteiger partial charge in [0.1, 0.15) is 0 Å². The molecule has 0 saturated heterocycles. The monoisotopic (exact) mass is 201 g/mol. The zero-order valence-corrected chi connectivity index (χ0v) is 9.38. The van der Waals surface area contributed by atoms with Gasteiger partial charge in [-0.15, -0.1) is 0 Å². The van der Waals surface area contributed by atoms with Gasteiger partial charge in [0.2, 0.25) is 5.91 Å². The van der Waals surface area contributed by atoms with Crippen LogP contribution >= 0.6 is 0 Å². The van der Waals surface area contributed by atoms with Crippen LogP contribution in [-0.4, -0.2) is 24.2 Å². The Morgan fingerprint density at radius 2 is 2.00 bits per heavy atom. The molecule has 0 aromatic carbocycles. The summed E-state index contributed by atoms with van der Waals surface area (Å²) >= 11 is 0. The van der Waals surface area contributed by atoms with Crippen LogP contribution in [0.4, 0.5) is 0 Å². The molecule has 84 valence electrons. The van der Waals surface area contributed by atoms with Crippen LogP contribution in [0.2, 0.25) is 0 Å². The number of amides is 1. The molecule has 0 bridgehead atoms. The Morgan fingerprint density at radius 1 is 1.29 bits per heavy atom. The molecule has 0 radical (unpaired) electrons. The van der Waals surface area contributed by atoms with Gasteiger partial charge in [-0.1, -0.05) is 33.1 Å². The van der Waals surface area contributed by atoms with Crippen LogP contribution in [0.5, 0.6) is 0 Å². The van der Waals surface area contributed by atoms with Crippen molar-refractivity contribution in [2.24, 2.45) is 5.92 Å². The molecule has 0 atom stereocenters. The average molecular weight is 201 g/mol. The van der Waals surface area contributed by atoms with Crippen LogP contribution in [0.25, 0.3) is 0 Å². The van der Waals surface area contributed by atoms with Crippen molar-refractivity contribution < 1.29 is 9.90 Å². The molecule has 1 amide bonds. The summed E-state index contributed by atoms with van der Waals surface area (Å²) in [4.78, 5) is 11.1.